The van der Waals surface area contributed by atoms with Gasteiger partial charge < -0.3 is 4.74 Å². The summed E-state index contributed by atoms with van der Waals surface area (Å²) in [5.74, 6) is 6.59. The molecule has 4 heteroatoms. The van der Waals surface area contributed by atoms with Gasteiger partial charge in [-0.2, -0.15) is 0 Å². The Morgan fingerprint density at radius 3 is 2.37 bits per heavy atom. The highest BCUT2D eigenvalue weighted by Gasteiger charge is 2.14. The first-order valence-electron chi connectivity index (χ1n) is 6.02. The van der Waals surface area contributed by atoms with Crippen LogP contribution in [0.15, 0.2) is 42.5 Å². The Hall–Kier alpha value is -1.11. The van der Waals surface area contributed by atoms with Gasteiger partial charge in [0.05, 0.1) is 13.2 Å². The molecule has 0 radical (unpaired) electrons. The molecular weight excluding hydrogens is 351 g/mol. The molecule has 0 aliphatic carbocycles. The number of halogens is 1. The molecule has 2 rings (SSSR count). The molecule has 0 amide bonds. The van der Waals surface area contributed by atoms with E-state index in [1.54, 1.807) is 7.11 Å². The largest absolute Gasteiger partial charge is 0.497 e. The maximum absolute atomic E-state index is 5.73. The third kappa shape index (κ3) is 3.26. The lowest BCUT2D eigenvalue weighted by Crippen LogP contribution is -2.29. The fraction of sp³-hybridized carbons (Fsp3) is 0.200. The van der Waals surface area contributed by atoms with Gasteiger partial charge in [-0.25, -0.2) is 5.43 Å². The van der Waals surface area contributed by atoms with E-state index in [-0.39, 0.29) is 6.04 Å². The Bertz CT molecular complexity index is 555. The van der Waals surface area contributed by atoms with Gasteiger partial charge in [-0.15, -0.1) is 0 Å². The number of rotatable bonds is 4. The zero-order valence-corrected chi connectivity index (χ0v) is 13.1. The number of nitrogens with one attached hydrogen (secondary N) is 1. The lowest BCUT2D eigenvalue weighted by atomic mass is 9.95. The minimum Gasteiger partial charge on any atom is -0.497 e. The minimum atomic E-state index is -0.0112. The van der Waals surface area contributed by atoms with Crippen molar-refractivity contribution in [2.24, 2.45) is 5.84 Å². The van der Waals surface area contributed by atoms with E-state index in [0.717, 1.165) is 22.4 Å². The summed E-state index contributed by atoms with van der Waals surface area (Å²) in [6.45, 7) is 2.06. The highest BCUT2D eigenvalue weighted by atomic mass is 127. The van der Waals surface area contributed by atoms with E-state index in [4.69, 9.17) is 10.6 Å². The molecule has 3 N–H and O–H groups in total. The van der Waals surface area contributed by atoms with E-state index < -0.39 is 0 Å². The first kappa shape index (κ1) is 14.3. The van der Waals surface area contributed by atoms with Gasteiger partial charge >= 0.3 is 0 Å². The number of benzene rings is 2. The van der Waals surface area contributed by atoms with Crippen molar-refractivity contribution in [2.75, 3.05) is 7.11 Å². The molecule has 0 aliphatic heterocycles. The molecule has 0 aliphatic rings. The molecule has 0 heterocycles. The molecule has 0 saturated heterocycles. The van der Waals surface area contributed by atoms with Crippen LogP contribution in [0.5, 0.6) is 5.75 Å². The molecule has 2 aromatic carbocycles. The highest BCUT2D eigenvalue weighted by molar-refractivity contribution is 14.1. The van der Waals surface area contributed by atoms with Gasteiger partial charge in [0.2, 0.25) is 0 Å². The summed E-state index contributed by atoms with van der Waals surface area (Å²) in [7, 11) is 1.67. The summed E-state index contributed by atoms with van der Waals surface area (Å²) in [6, 6.07) is 14.4. The number of ether oxygens (including phenoxy) is 1. The van der Waals surface area contributed by atoms with Crippen LogP contribution in [0.4, 0.5) is 0 Å². The summed E-state index contributed by atoms with van der Waals surface area (Å²) in [5, 5.41) is 0. The molecule has 0 spiro atoms. The van der Waals surface area contributed by atoms with Crippen molar-refractivity contribution in [1.29, 1.82) is 0 Å². The van der Waals surface area contributed by atoms with Gasteiger partial charge in [0.25, 0.3) is 0 Å². The highest BCUT2D eigenvalue weighted by Crippen LogP contribution is 2.27. The summed E-state index contributed by atoms with van der Waals surface area (Å²) in [6.07, 6.45) is 0. The van der Waals surface area contributed by atoms with Crippen molar-refractivity contribution in [1.82, 2.24) is 5.43 Å². The molecule has 100 valence electrons. The summed E-state index contributed by atoms with van der Waals surface area (Å²) < 4.78 is 6.44. The molecule has 1 atom stereocenters. The lowest BCUT2D eigenvalue weighted by molar-refractivity contribution is 0.414. The molecule has 0 fully saturated rings. The summed E-state index contributed by atoms with van der Waals surface area (Å²) in [4.78, 5) is 0. The van der Waals surface area contributed by atoms with Crippen LogP contribution < -0.4 is 16.0 Å². The molecular formula is C15H17IN2O. The first-order valence-corrected chi connectivity index (χ1v) is 7.09. The number of hydrogen-bond donors (Lipinski definition) is 2. The zero-order valence-electron chi connectivity index (χ0n) is 11.0. The number of hydrogen-bond acceptors (Lipinski definition) is 3. The molecule has 2 aromatic rings. The average molecular weight is 368 g/mol. The number of hydrazine groups is 1. The molecule has 0 bridgehead atoms. The SMILES string of the molecule is COc1ccc(C(NN)c2ccc(I)cc2)c(C)c1. The Labute approximate surface area is 127 Å². The van der Waals surface area contributed by atoms with Gasteiger partial charge in [0.1, 0.15) is 5.75 Å². The smallest absolute Gasteiger partial charge is 0.119 e. The maximum Gasteiger partial charge on any atom is 0.119 e. The van der Waals surface area contributed by atoms with Gasteiger partial charge in [-0.3, -0.25) is 5.84 Å². The average Bonchev–Trinajstić information content (AvgIpc) is 2.43. The predicted molar refractivity (Wildman–Crippen MR) is 86.1 cm³/mol. The predicted octanol–water partition coefficient (Wildman–Crippen LogP) is 3.16. The van der Waals surface area contributed by atoms with E-state index in [1.807, 2.05) is 12.1 Å². The minimum absolute atomic E-state index is 0.0112. The Morgan fingerprint density at radius 1 is 1.16 bits per heavy atom. The summed E-state index contributed by atoms with van der Waals surface area (Å²) in [5.41, 5.74) is 6.35. The quantitative estimate of drug-likeness (QED) is 0.495. The van der Waals surface area contributed by atoms with E-state index >= 15 is 0 Å². The van der Waals surface area contributed by atoms with E-state index in [1.165, 1.54) is 3.57 Å². The molecule has 0 aromatic heterocycles. The van der Waals surface area contributed by atoms with Crippen LogP contribution in [0.25, 0.3) is 0 Å². The topological polar surface area (TPSA) is 47.3 Å². The second-order valence-electron chi connectivity index (χ2n) is 4.37. The van der Waals surface area contributed by atoms with Crippen molar-refractivity contribution in [3.05, 3.63) is 62.7 Å². The standard InChI is InChI=1S/C15H17IN2O/c1-10-9-13(19-2)7-8-14(10)15(18-17)11-3-5-12(16)6-4-11/h3-9,15,18H,17H2,1-2H3. The van der Waals surface area contributed by atoms with E-state index in [0.29, 0.717) is 0 Å². The number of nitrogens with two attached hydrogens (primary N) is 1. The fourth-order valence-electron chi connectivity index (χ4n) is 2.12. The van der Waals surface area contributed by atoms with Crippen LogP contribution >= 0.6 is 22.6 Å². The van der Waals surface area contributed by atoms with Gasteiger partial charge in [-0.05, 0) is 70.5 Å². The second kappa shape index (κ2) is 6.36. The monoisotopic (exact) mass is 368 g/mol. The van der Waals surface area contributed by atoms with Crippen LogP contribution in [-0.2, 0) is 0 Å². The van der Waals surface area contributed by atoms with Crippen LogP contribution in [0.3, 0.4) is 0 Å². The van der Waals surface area contributed by atoms with Gasteiger partial charge in [0, 0.05) is 3.57 Å². The lowest BCUT2D eigenvalue weighted by Gasteiger charge is -2.19. The second-order valence-corrected chi connectivity index (χ2v) is 5.62. The number of aryl methyl sites for hydroxylation is 1. The van der Waals surface area contributed by atoms with Crippen LogP contribution in [0.2, 0.25) is 0 Å². The van der Waals surface area contributed by atoms with Crippen LogP contribution in [0, 0.1) is 10.5 Å². The summed E-state index contributed by atoms with van der Waals surface area (Å²) >= 11 is 2.29. The molecule has 0 saturated carbocycles. The molecule has 1 unspecified atom stereocenters. The van der Waals surface area contributed by atoms with Crippen LogP contribution in [0.1, 0.15) is 22.7 Å². The zero-order chi connectivity index (χ0) is 13.8. The van der Waals surface area contributed by atoms with Crippen LogP contribution in [-0.4, -0.2) is 7.11 Å². The van der Waals surface area contributed by atoms with Crippen molar-refractivity contribution < 1.29 is 4.74 Å². The third-order valence-electron chi connectivity index (χ3n) is 3.16. The Morgan fingerprint density at radius 2 is 1.84 bits per heavy atom. The fourth-order valence-corrected chi connectivity index (χ4v) is 2.48. The Kier molecular flexibility index (Phi) is 4.79. The van der Waals surface area contributed by atoms with Gasteiger partial charge in [0.15, 0.2) is 0 Å². The van der Waals surface area contributed by atoms with E-state index in [9.17, 15) is 0 Å². The van der Waals surface area contributed by atoms with Gasteiger partial charge in [-0.1, -0.05) is 18.2 Å². The molecule has 19 heavy (non-hydrogen) atoms. The van der Waals surface area contributed by atoms with Crippen molar-refractivity contribution >= 4 is 22.6 Å². The van der Waals surface area contributed by atoms with Crippen molar-refractivity contribution in [3.63, 3.8) is 0 Å². The third-order valence-corrected chi connectivity index (χ3v) is 3.88. The van der Waals surface area contributed by atoms with Crippen molar-refractivity contribution in [2.45, 2.75) is 13.0 Å². The number of methoxy groups -OCH3 is 1. The maximum atomic E-state index is 5.73. The normalized spacial score (nSPS) is 12.2. The first-order chi connectivity index (χ1) is 9.15. The Balaban J connectivity index is 2.39. The van der Waals surface area contributed by atoms with Crippen molar-refractivity contribution in [3.8, 4) is 5.75 Å². The van der Waals surface area contributed by atoms with E-state index in [2.05, 4.69) is 65.3 Å². The molecule has 3 nitrogen and oxygen atoms in total.